The number of aromatic amines is 1. The van der Waals surface area contributed by atoms with E-state index in [0.29, 0.717) is 24.8 Å². The lowest BCUT2D eigenvalue weighted by Gasteiger charge is -2.32. The zero-order valence-corrected chi connectivity index (χ0v) is 19.8. The Kier molecular flexibility index (Phi) is 5.89. The molecule has 0 aromatic carbocycles. The molecule has 9 nitrogen and oxygen atoms in total. The predicted molar refractivity (Wildman–Crippen MR) is 129 cm³/mol. The van der Waals surface area contributed by atoms with E-state index < -0.39 is 12.1 Å². The second-order valence-electron chi connectivity index (χ2n) is 10.4. The Morgan fingerprint density at radius 1 is 1.06 bits per heavy atom. The number of carbonyl (C=O) groups excluding carboxylic acids is 1. The molecule has 2 aromatic rings. The number of fused-ring (bicyclic) bond motifs is 1. The number of carbonyl (C=O) groups is 1. The van der Waals surface area contributed by atoms with Gasteiger partial charge < -0.3 is 20.2 Å². The van der Waals surface area contributed by atoms with Gasteiger partial charge in [0.05, 0.1) is 11.8 Å². The Bertz CT molecular complexity index is 1040. The van der Waals surface area contributed by atoms with E-state index in [-0.39, 0.29) is 5.91 Å². The first-order valence-corrected chi connectivity index (χ1v) is 13.1. The largest absolute Gasteiger partial charge is 0.391 e. The number of rotatable bonds is 5. The zero-order chi connectivity index (χ0) is 23.1. The van der Waals surface area contributed by atoms with Gasteiger partial charge in [-0.05, 0) is 51.4 Å². The van der Waals surface area contributed by atoms with Crippen LogP contribution in [-0.2, 0) is 17.6 Å². The predicted octanol–water partition coefficient (Wildman–Crippen LogP) is 3.04. The Hall–Kier alpha value is -2.68. The van der Waals surface area contributed by atoms with E-state index in [0.717, 1.165) is 68.1 Å². The molecule has 2 aromatic heterocycles. The second-order valence-corrected chi connectivity index (χ2v) is 10.4. The van der Waals surface area contributed by atoms with E-state index >= 15 is 0 Å². The summed E-state index contributed by atoms with van der Waals surface area (Å²) in [5, 5.41) is 21.7. The number of nitrogens with zero attached hydrogens (tertiary/aromatic N) is 5. The van der Waals surface area contributed by atoms with Crippen LogP contribution in [0.2, 0.25) is 0 Å². The summed E-state index contributed by atoms with van der Waals surface area (Å²) in [6.07, 6.45) is 11.1. The van der Waals surface area contributed by atoms with Gasteiger partial charge in [-0.1, -0.05) is 12.8 Å². The molecule has 4 aliphatic rings. The van der Waals surface area contributed by atoms with Gasteiger partial charge in [0.25, 0.3) is 0 Å². The van der Waals surface area contributed by atoms with Gasteiger partial charge in [0.2, 0.25) is 11.9 Å². The molecule has 1 unspecified atom stereocenters. The lowest BCUT2D eigenvalue weighted by molar-refractivity contribution is -0.133. The van der Waals surface area contributed by atoms with Crippen molar-refractivity contribution in [1.29, 1.82) is 0 Å². The zero-order valence-electron chi connectivity index (χ0n) is 19.8. The number of nitrogens with one attached hydrogen (secondary N) is 2. The van der Waals surface area contributed by atoms with Crippen LogP contribution in [-0.4, -0.2) is 67.9 Å². The molecule has 9 heteroatoms. The van der Waals surface area contributed by atoms with Crippen LogP contribution in [0.3, 0.4) is 0 Å². The number of amides is 1. The standard InChI is InChI=1S/C25H35N7O2/c33-17-13-21(24(34)31-11-4-1-5-12-31)32(15-17)25-26-19-10-6-9-18(19)23(28-25)27-22-14-20(29-30-22)16-7-2-3-8-16/h14,16-17,21,33H,1-13,15H2,(H2,26,27,28,29,30)/t17-,21?/m1/s1. The third-order valence-electron chi connectivity index (χ3n) is 8.05. The fourth-order valence-electron chi connectivity index (χ4n) is 6.21. The van der Waals surface area contributed by atoms with E-state index in [9.17, 15) is 9.90 Å². The van der Waals surface area contributed by atoms with Crippen molar-refractivity contribution in [1.82, 2.24) is 25.1 Å². The lowest BCUT2D eigenvalue weighted by Crippen LogP contribution is -2.48. The molecule has 34 heavy (non-hydrogen) atoms. The third kappa shape index (κ3) is 4.15. The SMILES string of the molecule is O=C(C1C[C@@H](O)CN1c1nc2c(c(Nc3cc(C4CCCC4)[nH]n3)n1)CCC2)N1CCCCC1. The smallest absolute Gasteiger partial charge is 0.245 e. The molecule has 2 aliphatic carbocycles. The molecule has 4 heterocycles. The molecule has 6 rings (SSSR count). The van der Waals surface area contributed by atoms with E-state index in [1.807, 2.05) is 9.80 Å². The lowest BCUT2D eigenvalue weighted by atomic mass is 10.0. The first-order valence-electron chi connectivity index (χ1n) is 13.1. The number of piperidine rings is 1. The molecule has 0 spiro atoms. The van der Waals surface area contributed by atoms with Gasteiger partial charge >= 0.3 is 0 Å². The molecule has 0 bridgehead atoms. The van der Waals surface area contributed by atoms with Crippen LogP contribution in [0.1, 0.15) is 80.7 Å². The number of aromatic nitrogens is 4. The van der Waals surface area contributed by atoms with Gasteiger partial charge in [-0.3, -0.25) is 9.89 Å². The minimum absolute atomic E-state index is 0.100. The Balaban J connectivity index is 1.27. The third-order valence-corrected chi connectivity index (χ3v) is 8.05. The summed E-state index contributed by atoms with van der Waals surface area (Å²) in [5.74, 6) is 2.78. The highest BCUT2D eigenvalue weighted by Gasteiger charge is 2.40. The van der Waals surface area contributed by atoms with Crippen molar-refractivity contribution in [2.45, 2.75) is 88.7 Å². The van der Waals surface area contributed by atoms with Crippen molar-refractivity contribution in [3.63, 3.8) is 0 Å². The Morgan fingerprint density at radius 3 is 2.71 bits per heavy atom. The van der Waals surface area contributed by atoms with Gasteiger partial charge in [-0.25, -0.2) is 4.98 Å². The minimum Gasteiger partial charge on any atom is -0.391 e. The van der Waals surface area contributed by atoms with Crippen molar-refractivity contribution in [3.05, 3.63) is 23.0 Å². The van der Waals surface area contributed by atoms with Crippen LogP contribution in [0.4, 0.5) is 17.6 Å². The normalized spacial score (nSPS) is 25.2. The summed E-state index contributed by atoms with van der Waals surface area (Å²) in [7, 11) is 0. The molecular formula is C25H35N7O2. The summed E-state index contributed by atoms with van der Waals surface area (Å²) in [4.78, 5) is 27.0. The molecule has 1 saturated carbocycles. The van der Waals surface area contributed by atoms with Gasteiger partial charge in [-0.2, -0.15) is 10.1 Å². The highest BCUT2D eigenvalue weighted by atomic mass is 16.3. The average molecular weight is 466 g/mol. The maximum atomic E-state index is 13.4. The highest BCUT2D eigenvalue weighted by molar-refractivity contribution is 5.85. The Morgan fingerprint density at radius 2 is 1.88 bits per heavy atom. The number of hydrogen-bond acceptors (Lipinski definition) is 7. The molecule has 3 fully saturated rings. The average Bonchev–Trinajstić information content (AvgIpc) is 3.65. The molecule has 2 atom stereocenters. The number of aliphatic hydroxyl groups is 1. The molecule has 182 valence electrons. The van der Waals surface area contributed by atoms with Gasteiger partial charge in [0.15, 0.2) is 5.82 Å². The first-order chi connectivity index (χ1) is 16.7. The number of aliphatic hydroxyl groups excluding tert-OH is 1. The number of anilines is 3. The maximum absolute atomic E-state index is 13.4. The molecule has 1 amide bonds. The van der Waals surface area contributed by atoms with E-state index in [1.54, 1.807) is 0 Å². The first kappa shape index (κ1) is 21.8. The molecule has 2 aliphatic heterocycles. The number of H-pyrrole nitrogens is 1. The molecule has 2 saturated heterocycles. The molecule has 3 N–H and O–H groups in total. The number of β-amino-alcohol motifs (C(OH)–C–C–N with tert-alkyl or cyclic N) is 1. The van der Waals surface area contributed by atoms with Crippen LogP contribution >= 0.6 is 0 Å². The number of likely N-dealkylation sites (tertiary alicyclic amines) is 1. The van der Waals surface area contributed by atoms with Crippen LogP contribution < -0.4 is 10.2 Å². The maximum Gasteiger partial charge on any atom is 0.245 e. The van der Waals surface area contributed by atoms with Crippen molar-refractivity contribution in [2.75, 3.05) is 29.9 Å². The van der Waals surface area contributed by atoms with E-state index in [4.69, 9.17) is 9.97 Å². The number of aryl methyl sites for hydroxylation is 1. The second kappa shape index (κ2) is 9.17. The van der Waals surface area contributed by atoms with Crippen molar-refractivity contribution >= 4 is 23.5 Å². The van der Waals surface area contributed by atoms with Crippen molar-refractivity contribution < 1.29 is 9.90 Å². The molecule has 0 radical (unpaired) electrons. The summed E-state index contributed by atoms with van der Waals surface area (Å²) < 4.78 is 0. The number of hydrogen-bond donors (Lipinski definition) is 3. The van der Waals surface area contributed by atoms with Crippen molar-refractivity contribution in [2.24, 2.45) is 0 Å². The van der Waals surface area contributed by atoms with E-state index in [1.165, 1.54) is 37.8 Å². The van der Waals surface area contributed by atoms with Gasteiger partial charge in [0, 0.05) is 49.3 Å². The fourth-order valence-corrected chi connectivity index (χ4v) is 6.21. The van der Waals surface area contributed by atoms with Crippen molar-refractivity contribution in [3.8, 4) is 0 Å². The molecular weight excluding hydrogens is 430 g/mol. The highest BCUT2D eigenvalue weighted by Crippen LogP contribution is 2.36. The monoisotopic (exact) mass is 465 g/mol. The minimum atomic E-state index is -0.549. The summed E-state index contributed by atoms with van der Waals surface area (Å²) in [6.45, 7) is 2.00. The van der Waals surface area contributed by atoms with Crippen LogP contribution in [0, 0.1) is 0 Å². The van der Waals surface area contributed by atoms with Crippen LogP contribution in [0.5, 0.6) is 0 Å². The summed E-state index contributed by atoms with van der Waals surface area (Å²) in [6, 6.07) is 1.71. The fraction of sp³-hybridized carbons (Fsp3) is 0.680. The van der Waals surface area contributed by atoms with Crippen LogP contribution in [0.25, 0.3) is 0 Å². The van der Waals surface area contributed by atoms with Crippen LogP contribution in [0.15, 0.2) is 6.07 Å². The topological polar surface area (TPSA) is 110 Å². The quantitative estimate of drug-likeness (QED) is 0.622. The van der Waals surface area contributed by atoms with Gasteiger partial charge in [0.1, 0.15) is 11.9 Å². The van der Waals surface area contributed by atoms with E-state index in [2.05, 4.69) is 21.6 Å². The Labute approximate surface area is 200 Å². The summed E-state index contributed by atoms with van der Waals surface area (Å²) in [5.41, 5.74) is 3.39. The summed E-state index contributed by atoms with van der Waals surface area (Å²) >= 11 is 0. The van der Waals surface area contributed by atoms with Gasteiger partial charge in [-0.15, -0.1) is 0 Å².